The van der Waals surface area contributed by atoms with Crippen LogP contribution < -0.4 is 14.4 Å². The minimum atomic E-state index is -3.98. The quantitative estimate of drug-likeness (QED) is 0.493. The molecule has 3 aromatic rings. The number of nitrogens with zero attached hydrogens (tertiary/aromatic N) is 1. The maximum atomic E-state index is 13.5. The number of rotatable bonds is 9. The molecule has 0 saturated heterocycles. The molecule has 1 N–H and O–H groups in total. The summed E-state index contributed by atoms with van der Waals surface area (Å²) in [6, 6.07) is 22.3. The van der Waals surface area contributed by atoms with Crippen molar-refractivity contribution in [2.24, 2.45) is 0 Å². The van der Waals surface area contributed by atoms with Crippen LogP contribution in [-0.2, 0) is 14.8 Å². The molecule has 7 heteroatoms. The number of carbonyl (C=O) groups excluding carboxylic acids is 1. The van der Waals surface area contributed by atoms with Crippen molar-refractivity contribution in [1.29, 1.82) is 0 Å². The number of nitrogens with one attached hydrogen (secondary N) is 1. The molecule has 0 aliphatic carbocycles. The fourth-order valence-corrected chi connectivity index (χ4v) is 4.77. The third-order valence-corrected chi connectivity index (χ3v) is 6.70. The molecule has 168 valence electrons. The maximum absolute atomic E-state index is 13.5. The smallest absolute Gasteiger partial charge is 0.264 e. The fourth-order valence-electron chi connectivity index (χ4n) is 3.35. The third-order valence-electron chi connectivity index (χ3n) is 4.91. The zero-order valence-electron chi connectivity index (χ0n) is 18.5. The molecule has 1 amide bonds. The van der Waals surface area contributed by atoms with Crippen LogP contribution in [0.3, 0.4) is 0 Å². The van der Waals surface area contributed by atoms with Gasteiger partial charge in [0.15, 0.2) is 0 Å². The predicted octanol–water partition coefficient (Wildman–Crippen LogP) is 5.04. The Labute approximate surface area is 189 Å². The monoisotopic (exact) mass is 452 g/mol. The number of para-hydroxylation sites is 2. The van der Waals surface area contributed by atoms with Crippen LogP contribution in [0.15, 0.2) is 83.8 Å². The summed E-state index contributed by atoms with van der Waals surface area (Å²) >= 11 is 0. The second kappa shape index (κ2) is 10.3. The Bertz CT molecular complexity index is 1140. The molecule has 0 unspecified atom stereocenters. The molecule has 0 saturated carbocycles. The van der Waals surface area contributed by atoms with Gasteiger partial charge in [-0.1, -0.05) is 50.2 Å². The van der Waals surface area contributed by atoms with Gasteiger partial charge in [-0.3, -0.25) is 9.10 Å². The van der Waals surface area contributed by atoms with Crippen molar-refractivity contribution in [3.63, 3.8) is 0 Å². The van der Waals surface area contributed by atoms with Crippen molar-refractivity contribution < 1.29 is 17.9 Å². The van der Waals surface area contributed by atoms with Gasteiger partial charge in [-0.2, -0.15) is 0 Å². The summed E-state index contributed by atoms with van der Waals surface area (Å²) in [6.07, 6.45) is 0. The molecule has 3 rings (SSSR count). The van der Waals surface area contributed by atoms with E-state index in [2.05, 4.69) is 5.32 Å². The summed E-state index contributed by atoms with van der Waals surface area (Å²) in [5, 5.41) is 2.88. The van der Waals surface area contributed by atoms with E-state index in [0.717, 1.165) is 9.87 Å². The predicted molar refractivity (Wildman–Crippen MR) is 128 cm³/mol. The molecular formula is C25H28N2O4S. The summed E-state index contributed by atoms with van der Waals surface area (Å²) in [5.74, 6) is 0.376. The van der Waals surface area contributed by atoms with Crippen LogP contribution in [0.1, 0.15) is 32.3 Å². The van der Waals surface area contributed by atoms with E-state index in [1.54, 1.807) is 42.5 Å². The number of ether oxygens (including phenoxy) is 1. The van der Waals surface area contributed by atoms with Crippen LogP contribution in [0.5, 0.6) is 5.75 Å². The van der Waals surface area contributed by atoms with Gasteiger partial charge in [0.05, 0.1) is 17.2 Å². The molecular weight excluding hydrogens is 424 g/mol. The van der Waals surface area contributed by atoms with Crippen molar-refractivity contribution in [2.45, 2.75) is 31.6 Å². The number of benzene rings is 3. The van der Waals surface area contributed by atoms with Gasteiger partial charge < -0.3 is 10.1 Å². The maximum Gasteiger partial charge on any atom is 0.264 e. The first-order valence-corrected chi connectivity index (χ1v) is 12.0. The number of carbonyl (C=O) groups is 1. The molecule has 6 nitrogen and oxygen atoms in total. The molecule has 3 aromatic carbocycles. The second-order valence-electron chi connectivity index (χ2n) is 7.54. The number of hydrogen-bond acceptors (Lipinski definition) is 4. The molecule has 0 atom stereocenters. The molecule has 0 heterocycles. The van der Waals surface area contributed by atoms with Crippen LogP contribution in [0.2, 0.25) is 0 Å². The topological polar surface area (TPSA) is 75.7 Å². The highest BCUT2D eigenvalue weighted by molar-refractivity contribution is 7.92. The molecule has 0 aliphatic heterocycles. The Morgan fingerprint density at radius 2 is 1.56 bits per heavy atom. The van der Waals surface area contributed by atoms with Gasteiger partial charge in [0, 0.05) is 5.69 Å². The lowest BCUT2D eigenvalue weighted by molar-refractivity contribution is -0.114. The lowest BCUT2D eigenvalue weighted by Crippen LogP contribution is -2.38. The largest absolute Gasteiger partial charge is 0.494 e. The average Bonchev–Trinajstić information content (AvgIpc) is 2.79. The second-order valence-corrected chi connectivity index (χ2v) is 9.40. The number of sulfonamides is 1. The van der Waals surface area contributed by atoms with E-state index in [9.17, 15) is 13.2 Å². The molecule has 0 aliphatic rings. The Hall–Kier alpha value is -3.32. The van der Waals surface area contributed by atoms with Gasteiger partial charge in [0.25, 0.3) is 10.0 Å². The van der Waals surface area contributed by atoms with Crippen molar-refractivity contribution in [3.05, 3.63) is 84.4 Å². The number of anilines is 2. The first-order valence-electron chi connectivity index (χ1n) is 10.5. The minimum Gasteiger partial charge on any atom is -0.494 e. The lowest BCUT2D eigenvalue weighted by atomic mass is 10.0. The normalized spacial score (nSPS) is 11.2. The van der Waals surface area contributed by atoms with Crippen LogP contribution in [0, 0.1) is 0 Å². The lowest BCUT2D eigenvalue weighted by Gasteiger charge is -2.24. The number of hydrogen-bond donors (Lipinski definition) is 1. The van der Waals surface area contributed by atoms with E-state index < -0.39 is 15.9 Å². The highest BCUT2D eigenvalue weighted by Crippen LogP contribution is 2.27. The standard InChI is InChI=1S/C25H28N2O4S/c1-4-31-21-14-16-22(17-15-21)32(29,30)27(20-10-6-5-7-11-20)18-25(28)26-24-13-9-8-12-23(24)19(2)3/h5-17,19H,4,18H2,1-3H3,(H,26,28). The number of amides is 1. The van der Waals surface area contributed by atoms with Crippen LogP contribution in [0.25, 0.3) is 0 Å². The van der Waals surface area contributed by atoms with Crippen LogP contribution >= 0.6 is 0 Å². The van der Waals surface area contributed by atoms with Gasteiger partial charge in [-0.05, 0) is 60.9 Å². The van der Waals surface area contributed by atoms with Crippen molar-refractivity contribution in [2.75, 3.05) is 22.8 Å². The third kappa shape index (κ3) is 5.48. The SMILES string of the molecule is CCOc1ccc(S(=O)(=O)N(CC(=O)Nc2ccccc2C(C)C)c2ccccc2)cc1. The zero-order chi connectivity index (χ0) is 23.1. The van der Waals surface area contributed by atoms with Gasteiger partial charge in [0.1, 0.15) is 12.3 Å². The Balaban J connectivity index is 1.91. The summed E-state index contributed by atoms with van der Waals surface area (Å²) in [7, 11) is -3.98. The summed E-state index contributed by atoms with van der Waals surface area (Å²) in [6.45, 7) is 6.07. The van der Waals surface area contributed by atoms with E-state index in [4.69, 9.17) is 4.74 Å². The van der Waals surface area contributed by atoms with Crippen molar-refractivity contribution in [1.82, 2.24) is 0 Å². The molecule has 0 aromatic heterocycles. The van der Waals surface area contributed by atoms with E-state index in [1.807, 2.05) is 45.0 Å². The Morgan fingerprint density at radius 3 is 2.19 bits per heavy atom. The summed E-state index contributed by atoms with van der Waals surface area (Å²) < 4.78 is 33.5. The van der Waals surface area contributed by atoms with Gasteiger partial charge in [-0.25, -0.2) is 8.42 Å². The van der Waals surface area contributed by atoms with E-state index in [0.29, 0.717) is 23.7 Å². The van der Waals surface area contributed by atoms with Crippen molar-refractivity contribution >= 4 is 27.3 Å². The fraction of sp³-hybridized carbons (Fsp3) is 0.240. The summed E-state index contributed by atoms with van der Waals surface area (Å²) in [4.78, 5) is 13.0. The molecule has 32 heavy (non-hydrogen) atoms. The van der Waals surface area contributed by atoms with Gasteiger partial charge in [0.2, 0.25) is 5.91 Å². The van der Waals surface area contributed by atoms with E-state index >= 15 is 0 Å². The minimum absolute atomic E-state index is 0.0835. The Kier molecular flexibility index (Phi) is 7.53. The highest BCUT2D eigenvalue weighted by atomic mass is 32.2. The van der Waals surface area contributed by atoms with Crippen molar-refractivity contribution in [3.8, 4) is 5.75 Å². The highest BCUT2D eigenvalue weighted by Gasteiger charge is 2.27. The first-order chi connectivity index (χ1) is 15.3. The molecule has 0 bridgehead atoms. The Morgan fingerprint density at radius 1 is 0.938 bits per heavy atom. The van der Waals surface area contributed by atoms with Gasteiger partial charge >= 0.3 is 0 Å². The average molecular weight is 453 g/mol. The zero-order valence-corrected chi connectivity index (χ0v) is 19.3. The molecule has 0 radical (unpaired) electrons. The van der Waals surface area contributed by atoms with Crippen LogP contribution in [0.4, 0.5) is 11.4 Å². The molecule has 0 fully saturated rings. The van der Waals surface area contributed by atoms with E-state index in [-0.39, 0.29) is 17.4 Å². The summed E-state index contributed by atoms with van der Waals surface area (Å²) in [5.41, 5.74) is 2.08. The first kappa shape index (κ1) is 23.3. The molecule has 0 spiro atoms. The van der Waals surface area contributed by atoms with Crippen LogP contribution in [-0.4, -0.2) is 27.5 Å². The van der Waals surface area contributed by atoms with E-state index in [1.165, 1.54) is 12.1 Å². The van der Waals surface area contributed by atoms with Gasteiger partial charge in [-0.15, -0.1) is 0 Å².